The van der Waals surface area contributed by atoms with Crippen molar-refractivity contribution in [3.63, 3.8) is 0 Å². The zero-order valence-electron chi connectivity index (χ0n) is 16.4. The molecule has 0 heterocycles. The zero-order valence-corrected chi connectivity index (χ0v) is 21.6. The Morgan fingerprint density at radius 2 is 1.67 bits per heavy atom. The van der Waals surface area contributed by atoms with Crippen LogP contribution in [0.5, 0.6) is 0 Å². The van der Waals surface area contributed by atoms with Gasteiger partial charge in [0.05, 0.1) is 0 Å². The zero-order chi connectivity index (χ0) is 16.8. The molecule has 0 aromatic heterocycles. The van der Waals surface area contributed by atoms with Crippen LogP contribution < -0.4 is 42.4 Å². The molecule has 2 aliphatic rings. The first-order valence-electron chi connectivity index (χ1n) is 9.96. The van der Waals surface area contributed by atoms with Crippen molar-refractivity contribution in [1.82, 2.24) is 0 Å². The summed E-state index contributed by atoms with van der Waals surface area (Å²) in [5.41, 5.74) is 3.59. The van der Waals surface area contributed by atoms with Gasteiger partial charge in [0.2, 0.25) is 0 Å². The molecular weight excluding hydrogens is 447 g/mol. The van der Waals surface area contributed by atoms with E-state index in [4.69, 9.17) is 0 Å². The Hall–Kier alpha value is 0.501. The minimum atomic E-state index is -0.274. The van der Waals surface area contributed by atoms with Crippen LogP contribution in [0.2, 0.25) is 0 Å². The second-order valence-electron chi connectivity index (χ2n) is 7.71. The van der Waals surface area contributed by atoms with E-state index < -0.39 is 0 Å². The Bertz CT molecular complexity index is 607. The van der Waals surface area contributed by atoms with Crippen LogP contribution in [0, 0.1) is 5.92 Å². The third-order valence-electron chi connectivity index (χ3n) is 5.81. The van der Waals surface area contributed by atoms with E-state index in [-0.39, 0.29) is 46.7 Å². The Kier molecular flexibility index (Phi) is 14.7. The second kappa shape index (κ2) is 14.5. The number of allylic oxidation sites excluding steroid dienone is 4. The minimum absolute atomic E-state index is 0. The molecule has 3 rings (SSSR count). The largest absolute Gasteiger partial charge is 1.00 e. The van der Waals surface area contributed by atoms with Crippen molar-refractivity contribution in [2.45, 2.75) is 71.1 Å². The summed E-state index contributed by atoms with van der Waals surface area (Å²) in [6.07, 6.45) is 14.1. The molecule has 1 saturated carbocycles. The van der Waals surface area contributed by atoms with Crippen LogP contribution in [0.25, 0.3) is 0 Å². The van der Waals surface area contributed by atoms with Crippen LogP contribution in [0.4, 0.5) is 0 Å². The van der Waals surface area contributed by atoms with Gasteiger partial charge >= 0.3 is 163 Å². The number of rotatable bonds is 7. The van der Waals surface area contributed by atoms with E-state index in [1.807, 2.05) is 10.8 Å². The van der Waals surface area contributed by atoms with Gasteiger partial charge in [-0.1, -0.05) is 0 Å². The SMILES string of the molecule is CCCCC1=C([SiH2]c2ccccc2)CC(CC2CCCCC2)=[C]1[Ti+3].[Cl-].[Cl-].[Cl-]. The van der Waals surface area contributed by atoms with Crippen molar-refractivity contribution < 1.29 is 57.7 Å². The van der Waals surface area contributed by atoms with Crippen LogP contribution >= 0.6 is 0 Å². The van der Waals surface area contributed by atoms with Gasteiger partial charge in [-0.15, -0.1) is 0 Å². The predicted octanol–water partition coefficient (Wildman–Crippen LogP) is -3.89. The number of unbranched alkanes of at least 4 members (excludes halogenated alkanes) is 1. The molecule has 0 aliphatic heterocycles. The van der Waals surface area contributed by atoms with Gasteiger partial charge in [0.25, 0.3) is 0 Å². The topological polar surface area (TPSA) is 0 Å². The van der Waals surface area contributed by atoms with Gasteiger partial charge in [-0.25, -0.2) is 0 Å². The van der Waals surface area contributed by atoms with Crippen LogP contribution in [0.15, 0.2) is 50.6 Å². The molecule has 0 amide bonds. The third-order valence-corrected chi connectivity index (χ3v) is 8.82. The van der Waals surface area contributed by atoms with Crippen LogP contribution in [0.3, 0.4) is 0 Å². The van der Waals surface area contributed by atoms with Gasteiger partial charge in [0.15, 0.2) is 0 Å². The minimum Gasteiger partial charge on any atom is -1.00 e. The molecule has 0 spiro atoms. The molecule has 5 heteroatoms. The Balaban J connectivity index is 0.00000225. The summed E-state index contributed by atoms with van der Waals surface area (Å²) >= 11 is 2.44. The maximum atomic E-state index is 2.44. The predicted molar refractivity (Wildman–Crippen MR) is 104 cm³/mol. The molecule has 0 atom stereocenters. The van der Waals surface area contributed by atoms with Gasteiger partial charge in [-0.2, -0.15) is 0 Å². The number of hydrogen-bond acceptors (Lipinski definition) is 0. The summed E-state index contributed by atoms with van der Waals surface area (Å²) in [5, 5.41) is 3.48. The van der Waals surface area contributed by atoms with Crippen molar-refractivity contribution in [2.75, 3.05) is 0 Å². The summed E-state index contributed by atoms with van der Waals surface area (Å²) in [5.74, 6) is 0.980. The van der Waals surface area contributed by atoms with Crippen molar-refractivity contribution in [1.29, 1.82) is 0 Å². The first kappa shape index (κ1) is 27.5. The average molecular weight is 478 g/mol. The molecular formula is C22H31Cl3SiTi. The fourth-order valence-corrected chi connectivity index (χ4v) is 7.46. The molecule has 27 heavy (non-hydrogen) atoms. The summed E-state index contributed by atoms with van der Waals surface area (Å²) in [4.78, 5) is 0. The summed E-state index contributed by atoms with van der Waals surface area (Å²) in [7, 11) is -0.274. The van der Waals surface area contributed by atoms with Crippen molar-refractivity contribution >= 4 is 14.7 Å². The van der Waals surface area contributed by atoms with Crippen molar-refractivity contribution in [3.05, 3.63) is 50.6 Å². The van der Waals surface area contributed by atoms with E-state index in [9.17, 15) is 0 Å². The van der Waals surface area contributed by atoms with E-state index >= 15 is 0 Å². The number of hydrogen-bond donors (Lipinski definition) is 0. The van der Waals surface area contributed by atoms with Gasteiger partial charge in [0, 0.05) is 0 Å². The monoisotopic (exact) mass is 476 g/mol. The first-order valence-corrected chi connectivity index (χ1v) is 12.2. The Labute approximate surface area is 198 Å². The molecule has 2 aliphatic carbocycles. The summed E-state index contributed by atoms with van der Waals surface area (Å²) in [6.45, 7) is 2.33. The van der Waals surface area contributed by atoms with Crippen LogP contribution in [-0.4, -0.2) is 9.52 Å². The molecule has 0 bridgehead atoms. The molecule has 1 aromatic carbocycles. The Morgan fingerprint density at radius 1 is 1.00 bits per heavy atom. The molecule has 0 unspecified atom stereocenters. The molecule has 1 fully saturated rings. The van der Waals surface area contributed by atoms with E-state index in [1.54, 1.807) is 14.6 Å². The molecule has 0 nitrogen and oxygen atoms in total. The molecule has 0 saturated heterocycles. The van der Waals surface area contributed by atoms with Crippen LogP contribution in [-0.2, 0) is 20.4 Å². The first-order chi connectivity index (χ1) is 11.8. The van der Waals surface area contributed by atoms with Gasteiger partial charge in [0.1, 0.15) is 0 Å². The number of benzene rings is 1. The second-order valence-corrected chi connectivity index (χ2v) is 10.5. The van der Waals surface area contributed by atoms with Crippen LogP contribution in [0.1, 0.15) is 71.1 Å². The maximum absolute atomic E-state index is 2.44. The average Bonchev–Trinajstić information content (AvgIpc) is 2.90. The van der Waals surface area contributed by atoms with Crippen molar-refractivity contribution in [2.24, 2.45) is 5.92 Å². The quantitative estimate of drug-likeness (QED) is 0.353. The van der Waals surface area contributed by atoms with E-state index in [0.717, 1.165) is 5.92 Å². The fraction of sp³-hybridized carbons (Fsp3) is 0.545. The summed E-state index contributed by atoms with van der Waals surface area (Å²) in [6, 6.07) is 11.3. The molecule has 148 valence electrons. The smallest absolute Gasteiger partial charge is 1.00 e. The van der Waals surface area contributed by atoms with Gasteiger partial charge < -0.3 is 37.2 Å². The third kappa shape index (κ3) is 8.03. The summed E-state index contributed by atoms with van der Waals surface area (Å²) < 4.78 is 1.70. The van der Waals surface area contributed by atoms with Gasteiger partial charge in [-0.05, 0) is 0 Å². The molecule has 0 N–H and O–H groups in total. The number of halogens is 3. The van der Waals surface area contributed by atoms with E-state index in [1.165, 1.54) is 64.2 Å². The van der Waals surface area contributed by atoms with E-state index in [2.05, 4.69) is 57.7 Å². The van der Waals surface area contributed by atoms with Gasteiger partial charge in [-0.3, -0.25) is 0 Å². The molecule has 0 radical (unpaired) electrons. The normalized spacial score (nSPS) is 17.7. The maximum Gasteiger partial charge on any atom is -1.00 e. The fourth-order valence-electron chi connectivity index (χ4n) is 4.42. The van der Waals surface area contributed by atoms with Crippen molar-refractivity contribution in [3.8, 4) is 0 Å². The molecule has 1 aromatic rings. The standard InChI is InChI=1S/C22H31Si.3ClH.Ti/c1-2-3-12-20-16-19(15-18-10-6-4-7-11-18)17-22(20)23-21-13-8-5-9-14-21;;;;/h5,8-9,13-14,18H,2-4,6-7,10-12,15,17,23H2,1H3;3*1H;/q;;;;+3/p-3. The van der Waals surface area contributed by atoms with E-state index in [0.29, 0.717) is 0 Å². The Morgan fingerprint density at radius 3 is 2.30 bits per heavy atom.